The molecule has 0 spiro atoms. The summed E-state index contributed by atoms with van der Waals surface area (Å²) < 4.78 is 1.65. The van der Waals surface area contributed by atoms with E-state index in [1.54, 1.807) is 29.3 Å². The second kappa shape index (κ2) is 7.33. The molecule has 2 aromatic heterocycles. The lowest BCUT2D eigenvalue weighted by molar-refractivity contribution is 0.303. The summed E-state index contributed by atoms with van der Waals surface area (Å²) in [7, 11) is 0. The van der Waals surface area contributed by atoms with E-state index < -0.39 is 0 Å². The number of hydrogen-bond acceptors (Lipinski definition) is 5. The first-order chi connectivity index (χ1) is 12.3. The van der Waals surface area contributed by atoms with E-state index in [1.165, 1.54) is 30.5 Å². The Bertz CT molecular complexity index is 779. The first-order valence-electron chi connectivity index (χ1n) is 9.44. The minimum Gasteiger partial charge on any atom is -0.367 e. The van der Waals surface area contributed by atoms with Crippen LogP contribution in [0.15, 0.2) is 29.5 Å². The molecule has 6 heteroatoms. The van der Waals surface area contributed by atoms with Crippen LogP contribution in [0.25, 0.3) is 0 Å². The fourth-order valence-electron chi connectivity index (χ4n) is 4.12. The number of hydrogen-bond donors (Lipinski definition) is 1. The summed E-state index contributed by atoms with van der Waals surface area (Å²) in [5.74, 6) is 1.03. The molecule has 1 N–H and O–H groups in total. The molecule has 2 heterocycles. The van der Waals surface area contributed by atoms with Gasteiger partial charge in [0.25, 0.3) is 5.56 Å². The Kier molecular flexibility index (Phi) is 4.76. The molecule has 2 aliphatic carbocycles. The molecule has 25 heavy (non-hydrogen) atoms. The van der Waals surface area contributed by atoms with Gasteiger partial charge in [0.1, 0.15) is 12.1 Å². The third kappa shape index (κ3) is 3.57. The Morgan fingerprint density at radius 3 is 2.72 bits per heavy atom. The highest BCUT2D eigenvalue weighted by Gasteiger charge is 2.25. The van der Waals surface area contributed by atoms with Crippen LogP contribution in [0, 0.1) is 0 Å². The number of nitrogens with one attached hydrogen (secondary N) is 1. The zero-order valence-corrected chi connectivity index (χ0v) is 14.5. The van der Waals surface area contributed by atoms with Gasteiger partial charge >= 0.3 is 0 Å². The number of aromatic nitrogens is 4. The molecule has 0 saturated heterocycles. The molecule has 0 aliphatic heterocycles. The second-order valence-corrected chi connectivity index (χ2v) is 7.16. The molecule has 0 radical (unpaired) electrons. The van der Waals surface area contributed by atoms with E-state index >= 15 is 0 Å². The van der Waals surface area contributed by atoms with Gasteiger partial charge in [-0.1, -0.05) is 6.42 Å². The minimum atomic E-state index is 0.0000271. The van der Waals surface area contributed by atoms with Gasteiger partial charge in [-0.2, -0.15) is 5.10 Å². The van der Waals surface area contributed by atoms with Crippen molar-refractivity contribution in [2.45, 2.75) is 69.9 Å². The zero-order valence-electron chi connectivity index (χ0n) is 14.5. The molecule has 6 nitrogen and oxygen atoms in total. The molecule has 0 amide bonds. The largest absolute Gasteiger partial charge is 0.367 e. The van der Waals surface area contributed by atoms with Gasteiger partial charge in [-0.3, -0.25) is 4.79 Å². The van der Waals surface area contributed by atoms with Gasteiger partial charge in [0, 0.05) is 29.6 Å². The Morgan fingerprint density at radius 2 is 1.88 bits per heavy atom. The zero-order chi connectivity index (χ0) is 17.1. The van der Waals surface area contributed by atoms with Crippen LogP contribution in [0.3, 0.4) is 0 Å². The highest BCUT2D eigenvalue weighted by atomic mass is 16.1. The average Bonchev–Trinajstić information content (AvgIpc) is 2.89. The Labute approximate surface area is 147 Å². The second-order valence-electron chi connectivity index (χ2n) is 7.16. The number of rotatable bonds is 3. The van der Waals surface area contributed by atoms with Crippen LogP contribution in [0.5, 0.6) is 0 Å². The lowest BCUT2D eigenvalue weighted by Crippen LogP contribution is -2.33. The van der Waals surface area contributed by atoms with E-state index in [1.807, 2.05) is 0 Å². The van der Waals surface area contributed by atoms with Crippen molar-refractivity contribution in [3.8, 4) is 0 Å². The van der Waals surface area contributed by atoms with Crippen molar-refractivity contribution in [2.75, 3.05) is 5.32 Å². The summed E-state index contributed by atoms with van der Waals surface area (Å²) in [6, 6.07) is 3.92. The van der Waals surface area contributed by atoms with E-state index in [0.717, 1.165) is 44.3 Å². The molecule has 0 bridgehead atoms. The molecular weight excluding hydrogens is 314 g/mol. The van der Waals surface area contributed by atoms with E-state index in [2.05, 4.69) is 20.4 Å². The van der Waals surface area contributed by atoms with Gasteiger partial charge in [-0.05, 0) is 57.4 Å². The number of anilines is 1. The summed E-state index contributed by atoms with van der Waals surface area (Å²) in [6.45, 7) is 0. The van der Waals surface area contributed by atoms with Crippen molar-refractivity contribution in [3.63, 3.8) is 0 Å². The van der Waals surface area contributed by atoms with E-state index in [-0.39, 0.29) is 11.6 Å². The quantitative estimate of drug-likeness (QED) is 0.871. The Balaban J connectivity index is 1.43. The topological polar surface area (TPSA) is 72.7 Å². The average molecular weight is 339 g/mol. The molecule has 1 saturated carbocycles. The molecule has 2 aliphatic rings. The van der Waals surface area contributed by atoms with Gasteiger partial charge in [0.2, 0.25) is 0 Å². The summed E-state index contributed by atoms with van der Waals surface area (Å²) in [6.07, 6.45) is 13.3. The normalized spacial score (nSPS) is 23.5. The highest BCUT2D eigenvalue weighted by Crippen LogP contribution is 2.30. The van der Waals surface area contributed by atoms with Crippen molar-refractivity contribution < 1.29 is 0 Å². The van der Waals surface area contributed by atoms with Crippen molar-refractivity contribution in [2.24, 2.45) is 0 Å². The smallest absolute Gasteiger partial charge is 0.266 e. The fraction of sp³-hybridized carbons (Fsp3) is 0.579. The van der Waals surface area contributed by atoms with Crippen molar-refractivity contribution in [1.82, 2.24) is 19.7 Å². The summed E-state index contributed by atoms with van der Waals surface area (Å²) in [4.78, 5) is 21.0. The van der Waals surface area contributed by atoms with E-state index in [9.17, 15) is 4.79 Å². The van der Waals surface area contributed by atoms with Crippen LogP contribution < -0.4 is 10.9 Å². The molecule has 0 unspecified atom stereocenters. The van der Waals surface area contributed by atoms with Gasteiger partial charge in [-0.15, -0.1) is 0 Å². The number of fused-ring (bicyclic) bond motifs is 1. The minimum absolute atomic E-state index is 0.0000271. The van der Waals surface area contributed by atoms with Crippen molar-refractivity contribution in [1.29, 1.82) is 0 Å². The van der Waals surface area contributed by atoms with E-state index in [4.69, 9.17) is 0 Å². The summed E-state index contributed by atoms with van der Waals surface area (Å²) in [5.41, 5.74) is 2.55. The predicted octanol–water partition coefficient (Wildman–Crippen LogP) is 2.90. The summed E-state index contributed by atoms with van der Waals surface area (Å²) >= 11 is 0. The van der Waals surface area contributed by atoms with E-state index in [0.29, 0.717) is 6.04 Å². The van der Waals surface area contributed by atoms with Crippen molar-refractivity contribution >= 4 is 5.82 Å². The van der Waals surface area contributed by atoms with Gasteiger partial charge in [0.15, 0.2) is 0 Å². The maximum absolute atomic E-state index is 12.0. The lowest BCUT2D eigenvalue weighted by atomic mass is 9.91. The standard InChI is InChI=1S/C19H25N5O/c25-18-7-4-12-22-24(18)15-10-8-14(9-11-15)23-19-16-5-2-1-3-6-17(16)20-13-21-19/h4,7,12-15H,1-3,5-6,8-11H2,(H,20,21,23). The van der Waals surface area contributed by atoms with Gasteiger partial charge in [-0.25, -0.2) is 14.6 Å². The third-order valence-electron chi connectivity index (χ3n) is 5.50. The fourth-order valence-corrected chi connectivity index (χ4v) is 4.12. The Hall–Kier alpha value is -2.24. The Morgan fingerprint density at radius 1 is 1.04 bits per heavy atom. The molecule has 132 valence electrons. The first-order valence-corrected chi connectivity index (χ1v) is 9.44. The van der Waals surface area contributed by atoms with Gasteiger partial charge in [0.05, 0.1) is 6.04 Å². The maximum Gasteiger partial charge on any atom is 0.266 e. The molecule has 0 aromatic carbocycles. The molecule has 4 rings (SSSR count). The lowest BCUT2D eigenvalue weighted by Gasteiger charge is -2.30. The molecule has 1 fully saturated rings. The van der Waals surface area contributed by atoms with Crippen LogP contribution >= 0.6 is 0 Å². The maximum atomic E-state index is 12.0. The van der Waals surface area contributed by atoms with Gasteiger partial charge < -0.3 is 5.32 Å². The highest BCUT2D eigenvalue weighted by molar-refractivity contribution is 5.47. The molecular formula is C19H25N5O. The van der Waals surface area contributed by atoms with Crippen LogP contribution in [0.4, 0.5) is 5.82 Å². The predicted molar refractivity (Wildman–Crippen MR) is 96.7 cm³/mol. The van der Waals surface area contributed by atoms with Crippen LogP contribution in [0.2, 0.25) is 0 Å². The van der Waals surface area contributed by atoms with Crippen LogP contribution in [-0.2, 0) is 12.8 Å². The first kappa shape index (κ1) is 16.2. The van der Waals surface area contributed by atoms with Crippen LogP contribution in [0.1, 0.15) is 62.2 Å². The third-order valence-corrected chi connectivity index (χ3v) is 5.50. The monoisotopic (exact) mass is 339 g/mol. The molecule has 2 aromatic rings. The SMILES string of the molecule is O=c1cccnn1C1CCC(Nc2ncnc3c2CCCCC3)CC1. The summed E-state index contributed by atoms with van der Waals surface area (Å²) in [5, 5.41) is 7.91. The molecule has 0 atom stereocenters. The van der Waals surface area contributed by atoms with Crippen molar-refractivity contribution in [3.05, 3.63) is 46.3 Å². The van der Waals surface area contributed by atoms with Crippen LogP contribution in [-0.4, -0.2) is 25.8 Å². The number of aryl methyl sites for hydroxylation is 1. The number of nitrogens with zero attached hydrogens (tertiary/aromatic N) is 4.